The number of hydrogen-bond acceptors (Lipinski definition) is 3. The molecule has 1 aromatic heterocycles. The molecule has 1 aromatic carbocycles. The van der Waals surface area contributed by atoms with Crippen molar-refractivity contribution >= 4 is 34.5 Å². The second-order valence-corrected chi connectivity index (χ2v) is 5.36. The summed E-state index contributed by atoms with van der Waals surface area (Å²) in [5.74, 6) is 5.14. The third-order valence-electron chi connectivity index (χ3n) is 2.59. The van der Waals surface area contributed by atoms with Gasteiger partial charge in [-0.3, -0.25) is 4.79 Å². The Labute approximate surface area is 126 Å². The molecule has 102 valence electrons. The van der Waals surface area contributed by atoms with Gasteiger partial charge in [-0.15, -0.1) is 11.3 Å². The number of anilines is 1. The van der Waals surface area contributed by atoms with E-state index in [1.54, 1.807) is 18.2 Å². The van der Waals surface area contributed by atoms with Crippen molar-refractivity contribution in [3.8, 4) is 11.8 Å². The van der Waals surface area contributed by atoms with Gasteiger partial charge in [-0.1, -0.05) is 23.4 Å². The fraction of sp³-hybridized carbons (Fsp3) is 0.133. The first-order valence-corrected chi connectivity index (χ1v) is 7.12. The van der Waals surface area contributed by atoms with E-state index in [1.165, 1.54) is 11.3 Å². The number of aryl methyl sites for hydroxylation is 1. The Hall–Kier alpha value is -1.80. The van der Waals surface area contributed by atoms with Crippen LogP contribution in [0, 0.1) is 18.8 Å². The zero-order chi connectivity index (χ0) is 14.5. The molecular weight excluding hydrogens is 294 g/mol. The summed E-state index contributed by atoms with van der Waals surface area (Å²) in [6, 6.07) is 6.98. The minimum atomic E-state index is -0.210. The molecule has 3 nitrogen and oxygen atoms in total. The Morgan fingerprint density at radius 2 is 2.25 bits per heavy atom. The molecule has 0 unspecified atom stereocenters. The van der Waals surface area contributed by atoms with Crippen LogP contribution >= 0.6 is 22.9 Å². The molecule has 0 aliphatic carbocycles. The number of benzene rings is 1. The summed E-state index contributed by atoms with van der Waals surface area (Å²) in [4.78, 5) is 12.8. The van der Waals surface area contributed by atoms with Crippen LogP contribution in [0.3, 0.4) is 0 Å². The second kappa shape index (κ2) is 6.58. The van der Waals surface area contributed by atoms with Gasteiger partial charge in [0.1, 0.15) is 6.61 Å². The first kappa shape index (κ1) is 14.6. The van der Waals surface area contributed by atoms with Gasteiger partial charge in [0.2, 0.25) is 0 Å². The van der Waals surface area contributed by atoms with Crippen molar-refractivity contribution < 1.29 is 9.90 Å². The lowest BCUT2D eigenvalue weighted by Gasteiger charge is -2.07. The molecule has 2 N–H and O–H groups in total. The Morgan fingerprint density at radius 1 is 1.45 bits per heavy atom. The molecule has 0 fully saturated rings. The largest absolute Gasteiger partial charge is 0.384 e. The maximum absolute atomic E-state index is 12.1. The maximum atomic E-state index is 12.1. The molecule has 0 aliphatic heterocycles. The molecule has 0 saturated heterocycles. The van der Waals surface area contributed by atoms with Gasteiger partial charge in [-0.25, -0.2) is 0 Å². The van der Waals surface area contributed by atoms with Gasteiger partial charge in [-0.2, -0.15) is 0 Å². The number of halogens is 1. The van der Waals surface area contributed by atoms with Crippen molar-refractivity contribution in [3.63, 3.8) is 0 Å². The highest BCUT2D eigenvalue weighted by Crippen LogP contribution is 2.25. The van der Waals surface area contributed by atoms with Gasteiger partial charge in [0.25, 0.3) is 5.91 Å². The van der Waals surface area contributed by atoms with Gasteiger partial charge in [0.05, 0.1) is 15.6 Å². The number of carbonyl (C=O) groups is 1. The topological polar surface area (TPSA) is 49.3 Å². The summed E-state index contributed by atoms with van der Waals surface area (Å²) in [5.41, 5.74) is 2.12. The number of rotatable bonds is 2. The van der Waals surface area contributed by atoms with Crippen molar-refractivity contribution in [2.75, 3.05) is 11.9 Å². The smallest absolute Gasteiger partial charge is 0.266 e. The SMILES string of the molecule is Cc1ccsc1C(=O)Nc1cc(C#CCO)ccc1Cl. The predicted molar refractivity (Wildman–Crippen MR) is 82.4 cm³/mol. The van der Waals surface area contributed by atoms with Crippen LogP contribution in [0.1, 0.15) is 20.8 Å². The molecule has 0 aliphatic rings. The van der Waals surface area contributed by atoms with Crippen molar-refractivity contribution in [2.45, 2.75) is 6.92 Å². The highest BCUT2D eigenvalue weighted by molar-refractivity contribution is 7.12. The molecular formula is C15H12ClNO2S. The van der Waals surface area contributed by atoms with E-state index in [0.717, 1.165) is 5.56 Å². The van der Waals surface area contributed by atoms with Gasteiger partial charge in [0.15, 0.2) is 0 Å². The summed E-state index contributed by atoms with van der Waals surface area (Å²) >= 11 is 7.45. The van der Waals surface area contributed by atoms with Crippen molar-refractivity contribution in [2.24, 2.45) is 0 Å². The Morgan fingerprint density at radius 3 is 2.90 bits per heavy atom. The van der Waals surface area contributed by atoms with Crippen LogP contribution in [0.25, 0.3) is 0 Å². The third-order valence-corrected chi connectivity index (χ3v) is 3.94. The minimum Gasteiger partial charge on any atom is -0.384 e. The Balaban J connectivity index is 2.25. The van der Waals surface area contributed by atoms with Gasteiger partial charge < -0.3 is 10.4 Å². The Kier molecular flexibility index (Phi) is 4.80. The van der Waals surface area contributed by atoms with E-state index in [2.05, 4.69) is 17.2 Å². The van der Waals surface area contributed by atoms with E-state index in [1.807, 2.05) is 18.4 Å². The fourth-order valence-electron chi connectivity index (χ4n) is 1.62. The lowest BCUT2D eigenvalue weighted by Crippen LogP contribution is -2.11. The quantitative estimate of drug-likeness (QED) is 0.836. The van der Waals surface area contributed by atoms with E-state index in [0.29, 0.717) is 21.2 Å². The minimum absolute atomic E-state index is 0.188. The molecule has 0 bridgehead atoms. The average molecular weight is 306 g/mol. The number of aliphatic hydroxyl groups excluding tert-OH is 1. The van der Waals surface area contributed by atoms with Crippen LogP contribution in [-0.4, -0.2) is 17.6 Å². The predicted octanol–water partition coefficient (Wildman–Crippen LogP) is 3.31. The monoisotopic (exact) mass is 305 g/mol. The molecule has 1 amide bonds. The summed E-state index contributed by atoms with van der Waals surface area (Å²) < 4.78 is 0. The number of carbonyl (C=O) groups excluding carboxylic acids is 1. The summed E-state index contributed by atoms with van der Waals surface area (Å²) in [7, 11) is 0. The number of amides is 1. The molecule has 0 saturated carbocycles. The van der Waals surface area contributed by atoms with E-state index in [-0.39, 0.29) is 12.5 Å². The van der Waals surface area contributed by atoms with Crippen molar-refractivity contribution in [3.05, 3.63) is 50.7 Å². The van der Waals surface area contributed by atoms with Crippen LogP contribution < -0.4 is 5.32 Å². The Bertz CT molecular complexity index is 697. The first-order chi connectivity index (χ1) is 9.61. The molecule has 1 heterocycles. The first-order valence-electron chi connectivity index (χ1n) is 5.86. The van der Waals surface area contributed by atoms with Gasteiger partial charge in [0, 0.05) is 5.56 Å². The molecule has 20 heavy (non-hydrogen) atoms. The van der Waals surface area contributed by atoms with Crippen molar-refractivity contribution in [1.82, 2.24) is 0 Å². The maximum Gasteiger partial charge on any atom is 0.266 e. The van der Waals surface area contributed by atoms with Crippen LogP contribution in [0.4, 0.5) is 5.69 Å². The number of hydrogen-bond donors (Lipinski definition) is 2. The average Bonchev–Trinajstić information content (AvgIpc) is 2.86. The molecule has 2 rings (SSSR count). The molecule has 0 radical (unpaired) electrons. The number of thiophene rings is 1. The lowest BCUT2D eigenvalue weighted by molar-refractivity contribution is 0.103. The number of aliphatic hydroxyl groups is 1. The van der Waals surface area contributed by atoms with Crippen LogP contribution in [0.15, 0.2) is 29.6 Å². The van der Waals surface area contributed by atoms with Crippen molar-refractivity contribution in [1.29, 1.82) is 0 Å². The van der Waals surface area contributed by atoms with Crippen LogP contribution in [-0.2, 0) is 0 Å². The normalized spacial score (nSPS) is 9.75. The molecule has 0 spiro atoms. The summed E-state index contributed by atoms with van der Waals surface area (Å²) in [5, 5.41) is 13.8. The summed E-state index contributed by atoms with van der Waals surface area (Å²) in [6.45, 7) is 1.68. The molecule has 2 aromatic rings. The third kappa shape index (κ3) is 3.40. The zero-order valence-corrected chi connectivity index (χ0v) is 12.3. The van der Waals surface area contributed by atoms with Crippen LogP contribution in [0.5, 0.6) is 0 Å². The fourth-order valence-corrected chi connectivity index (χ4v) is 2.61. The lowest BCUT2D eigenvalue weighted by atomic mass is 10.2. The molecule has 0 atom stereocenters. The van der Waals surface area contributed by atoms with E-state index >= 15 is 0 Å². The number of nitrogens with one attached hydrogen (secondary N) is 1. The van der Waals surface area contributed by atoms with Gasteiger partial charge in [-0.05, 0) is 42.1 Å². The summed E-state index contributed by atoms with van der Waals surface area (Å²) in [6.07, 6.45) is 0. The van der Waals surface area contributed by atoms with E-state index < -0.39 is 0 Å². The van der Waals surface area contributed by atoms with Gasteiger partial charge >= 0.3 is 0 Å². The van der Waals surface area contributed by atoms with E-state index in [4.69, 9.17) is 16.7 Å². The van der Waals surface area contributed by atoms with Crippen LogP contribution in [0.2, 0.25) is 5.02 Å². The van der Waals surface area contributed by atoms with E-state index in [9.17, 15) is 4.79 Å². The highest BCUT2D eigenvalue weighted by Gasteiger charge is 2.12. The standard InChI is InChI=1S/C15H12ClNO2S/c1-10-6-8-20-14(10)15(19)17-13-9-11(3-2-7-18)4-5-12(13)16/h4-6,8-9,18H,7H2,1H3,(H,17,19). The molecule has 5 heteroatoms. The zero-order valence-electron chi connectivity index (χ0n) is 10.7. The highest BCUT2D eigenvalue weighted by atomic mass is 35.5. The second-order valence-electron chi connectivity index (χ2n) is 4.04.